The quantitative estimate of drug-likeness (QED) is 0.0721. The Kier molecular flexibility index (Phi) is 8.74. The first-order valence-electron chi connectivity index (χ1n) is 12.2. The Hall–Kier alpha value is -4.29. The molecule has 2 amide bonds. The second-order valence-corrected chi connectivity index (χ2v) is 11.3. The summed E-state index contributed by atoms with van der Waals surface area (Å²) in [6.45, 7) is 3.79. The van der Waals surface area contributed by atoms with E-state index < -0.39 is 46.5 Å². The smallest absolute Gasteiger partial charge is 0.352 e. The number of nitrogens with two attached hydrogens (primary N) is 2. The number of aliphatic carboxylic acids is 2. The molecule has 0 aromatic carbocycles. The van der Waals surface area contributed by atoms with Crippen molar-refractivity contribution in [2.24, 2.45) is 10.9 Å². The number of fused-ring (bicyclic) bond motifs is 1. The van der Waals surface area contributed by atoms with E-state index in [4.69, 9.17) is 16.3 Å². The van der Waals surface area contributed by atoms with Crippen LogP contribution >= 0.6 is 23.3 Å². The van der Waals surface area contributed by atoms with Gasteiger partial charge in [0.15, 0.2) is 24.1 Å². The van der Waals surface area contributed by atoms with Crippen molar-refractivity contribution < 1.29 is 38.8 Å². The number of hydrogen-bond donors (Lipinski definition) is 6. The average Bonchev–Trinajstić information content (AvgIpc) is 3.36. The molecule has 2 aromatic rings. The van der Waals surface area contributed by atoms with Gasteiger partial charge in [0.25, 0.3) is 11.8 Å². The fraction of sp³-hybridized carbons (Fsp3) is 0.391. The van der Waals surface area contributed by atoms with Gasteiger partial charge in [-0.15, -0.1) is 11.8 Å². The van der Waals surface area contributed by atoms with Crippen LogP contribution in [0.4, 0.5) is 10.8 Å². The molecule has 4 heterocycles. The fourth-order valence-electron chi connectivity index (χ4n) is 3.85. The van der Waals surface area contributed by atoms with Crippen LogP contribution in [0.3, 0.4) is 0 Å². The van der Waals surface area contributed by atoms with Gasteiger partial charge in [0.2, 0.25) is 17.1 Å². The molecule has 2 aliphatic rings. The molecule has 0 aliphatic carbocycles. The number of anilines is 2. The number of hydrogen-bond acceptors (Lipinski definition) is 13. The van der Waals surface area contributed by atoms with Crippen molar-refractivity contribution in [1.82, 2.24) is 19.6 Å². The molecule has 0 spiro atoms. The highest BCUT2D eigenvalue weighted by Gasteiger charge is 2.55. The number of β-lactam (4-membered cyclic amide) rings is 1. The number of carboxylic acids is 2. The van der Waals surface area contributed by atoms with E-state index in [0.717, 1.165) is 22.1 Å². The SMILES string of the molecule is CC(C)(O/N=C(\C(=O)NC1C(=O)N2C(C(=O)O)=C(C[n+]3ccc(NCCN)cc3)CSC12)c1nsc(N)n1)C(=O)O. The highest BCUT2D eigenvalue weighted by molar-refractivity contribution is 8.00. The second kappa shape index (κ2) is 12.1. The zero-order valence-corrected chi connectivity index (χ0v) is 23.6. The molecule has 0 saturated carbocycles. The Bertz CT molecular complexity index is 1420. The van der Waals surface area contributed by atoms with E-state index in [-0.39, 0.29) is 23.2 Å². The molecule has 16 nitrogen and oxygen atoms in total. The molecule has 8 N–H and O–H groups in total. The Morgan fingerprint density at radius 2 is 2.00 bits per heavy atom. The first-order valence-corrected chi connectivity index (χ1v) is 14.0. The number of oxime groups is 1. The number of carbonyl (C=O) groups is 4. The molecule has 1 fully saturated rings. The van der Waals surface area contributed by atoms with Crippen LogP contribution in [0.2, 0.25) is 0 Å². The minimum absolute atomic E-state index is 0.0230. The summed E-state index contributed by atoms with van der Waals surface area (Å²) in [5, 5.41) is 27.9. The molecule has 0 radical (unpaired) electrons. The van der Waals surface area contributed by atoms with Crippen molar-refractivity contribution in [1.29, 1.82) is 0 Å². The lowest BCUT2D eigenvalue weighted by Gasteiger charge is -2.49. The van der Waals surface area contributed by atoms with Gasteiger partial charge in [0, 0.05) is 53.8 Å². The van der Waals surface area contributed by atoms with E-state index in [1.165, 1.54) is 25.6 Å². The summed E-state index contributed by atoms with van der Waals surface area (Å²) in [7, 11) is 0. The van der Waals surface area contributed by atoms with Crippen LogP contribution in [-0.4, -0.2) is 89.8 Å². The van der Waals surface area contributed by atoms with Gasteiger partial charge in [-0.05, 0) is 13.8 Å². The van der Waals surface area contributed by atoms with E-state index in [1.54, 1.807) is 17.0 Å². The second-order valence-electron chi connectivity index (χ2n) is 9.40. The van der Waals surface area contributed by atoms with E-state index in [0.29, 0.717) is 24.4 Å². The summed E-state index contributed by atoms with van der Waals surface area (Å²) >= 11 is 2.07. The van der Waals surface area contributed by atoms with Crippen LogP contribution in [0, 0.1) is 0 Å². The predicted molar refractivity (Wildman–Crippen MR) is 148 cm³/mol. The number of carboxylic acid groups (broad SMARTS) is 2. The minimum atomic E-state index is -1.79. The predicted octanol–water partition coefficient (Wildman–Crippen LogP) is -1.20. The van der Waals surface area contributed by atoms with Crippen molar-refractivity contribution in [2.45, 2.75) is 37.4 Å². The topological polar surface area (TPSA) is 239 Å². The van der Waals surface area contributed by atoms with Crippen molar-refractivity contribution in [3.05, 3.63) is 41.6 Å². The van der Waals surface area contributed by atoms with E-state index in [9.17, 15) is 29.4 Å². The summed E-state index contributed by atoms with van der Waals surface area (Å²) in [5.41, 5.74) is 10.1. The van der Waals surface area contributed by atoms with Gasteiger partial charge >= 0.3 is 11.9 Å². The first-order chi connectivity index (χ1) is 19.4. The first kappa shape index (κ1) is 29.7. The number of carbonyl (C=O) groups excluding carboxylic acids is 2. The lowest BCUT2D eigenvalue weighted by Crippen LogP contribution is -2.71. The molecule has 1 saturated heterocycles. The third kappa shape index (κ3) is 6.39. The molecule has 4 rings (SSSR count). The largest absolute Gasteiger partial charge is 0.478 e. The Balaban J connectivity index is 1.51. The number of rotatable bonds is 12. The minimum Gasteiger partial charge on any atom is -0.478 e. The van der Waals surface area contributed by atoms with Crippen molar-refractivity contribution in [3.8, 4) is 0 Å². The molecule has 2 aliphatic heterocycles. The van der Waals surface area contributed by atoms with Crippen LogP contribution < -0.4 is 26.7 Å². The van der Waals surface area contributed by atoms with Gasteiger partial charge in [-0.25, -0.2) is 14.2 Å². The Morgan fingerprint density at radius 1 is 1.29 bits per heavy atom. The normalized spacial score (nSPS) is 18.9. The Labute approximate surface area is 241 Å². The Morgan fingerprint density at radius 3 is 2.59 bits per heavy atom. The van der Waals surface area contributed by atoms with Crippen molar-refractivity contribution in [3.63, 3.8) is 0 Å². The molecule has 41 heavy (non-hydrogen) atoms. The zero-order chi connectivity index (χ0) is 29.9. The van der Waals surface area contributed by atoms with Gasteiger partial charge in [0.05, 0.1) is 0 Å². The van der Waals surface area contributed by atoms with Gasteiger partial charge in [0.1, 0.15) is 17.1 Å². The van der Waals surface area contributed by atoms with Crippen LogP contribution in [0.25, 0.3) is 0 Å². The van der Waals surface area contributed by atoms with Gasteiger partial charge in [-0.1, -0.05) is 5.16 Å². The molecular weight excluding hydrogens is 578 g/mol. The summed E-state index contributed by atoms with van der Waals surface area (Å²) in [4.78, 5) is 60.1. The number of nitrogens with one attached hydrogen (secondary N) is 2. The van der Waals surface area contributed by atoms with Gasteiger partial charge < -0.3 is 37.2 Å². The highest BCUT2D eigenvalue weighted by Crippen LogP contribution is 2.40. The molecular formula is C23H28N9O7S2+. The van der Waals surface area contributed by atoms with E-state index >= 15 is 0 Å². The number of nitrogens with zero attached hydrogens (tertiary/aromatic N) is 5. The molecule has 0 bridgehead atoms. The monoisotopic (exact) mass is 606 g/mol. The molecule has 218 valence electrons. The van der Waals surface area contributed by atoms with Crippen LogP contribution in [0.1, 0.15) is 19.7 Å². The molecule has 2 unspecified atom stereocenters. The molecule has 2 aromatic heterocycles. The maximum absolute atomic E-state index is 13.2. The molecule has 2 atom stereocenters. The standard InChI is InChI=1S/C23H27N9O7S2/c1-23(2,21(37)38)39-29-13(16-28-22(25)41-30-16)17(33)27-14-18(34)32-15(20(35)36)11(10-40-19(14)32)9-31-7-3-12(4-8-31)26-6-5-24/h3-4,7-8,14,19H,5-6,9-10,24H2,1-2H3,(H5,25,27,28,30,33,35,36,37,38)/p+1/b29-13-. The van der Waals surface area contributed by atoms with Crippen molar-refractivity contribution in [2.75, 3.05) is 29.9 Å². The summed E-state index contributed by atoms with van der Waals surface area (Å²) in [5.74, 6) is -4.08. The number of amides is 2. The number of pyridine rings is 1. The van der Waals surface area contributed by atoms with Gasteiger partial charge in [-0.3, -0.25) is 14.5 Å². The number of nitrogen functional groups attached to an aromatic ring is 1. The lowest BCUT2D eigenvalue weighted by atomic mass is 10.0. The van der Waals surface area contributed by atoms with E-state index in [1.807, 2.05) is 12.1 Å². The highest BCUT2D eigenvalue weighted by atomic mass is 32.2. The lowest BCUT2D eigenvalue weighted by molar-refractivity contribution is -0.688. The maximum Gasteiger partial charge on any atom is 0.352 e. The maximum atomic E-state index is 13.2. The van der Waals surface area contributed by atoms with Crippen LogP contribution in [0.5, 0.6) is 0 Å². The summed E-state index contributed by atoms with van der Waals surface area (Å²) < 4.78 is 5.72. The van der Waals surface area contributed by atoms with Crippen LogP contribution in [-0.2, 0) is 30.6 Å². The number of aromatic nitrogens is 3. The van der Waals surface area contributed by atoms with E-state index in [2.05, 4.69) is 25.1 Å². The van der Waals surface area contributed by atoms with Crippen molar-refractivity contribution >= 4 is 63.6 Å². The van der Waals surface area contributed by atoms with Gasteiger partial charge in [-0.2, -0.15) is 9.36 Å². The zero-order valence-electron chi connectivity index (χ0n) is 21.9. The van der Waals surface area contributed by atoms with Crippen LogP contribution in [0.15, 0.2) is 41.0 Å². The number of thioether (sulfide) groups is 1. The third-order valence-electron chi connectivity index (χ3n) is 6.02. The summed E-state index contributed by atoms with van der Waals surface area (Å²) in [6, 6.07) is 2.58. The average molecular weight is 607 g/mol. The third-order valence-corrected chi connectivity index (χ3v) is 7.91. The summed E-state index contributed by atoms with van der Waals surface area (Å²) in [6.07, 6.45) is 3.58. The molecule has 18 heteroatoms. The fourth-order valence-corrected chi connectivity index (χ4v) is 5.62.